The van der Waals surface area contributed by atoms with E-state index >= 15 is 0 Å². The van der Waals surface area contributed by atoms with Crippen LogP contribution in [0.1, 0.15) is 107 Å². The van der Waals surface area contributed by atoms with Crippen molar-refractivity contribution in [3.8, 4) is 0 Å². The lowest BCUT2D eigenvalue weighted by Gasteiger charge is -2.60. The van der Waals surface area contributed by atoms with E-state index in [1.165, 1.54) is 12.8 Å². The molecule has 0 radical (unpaired) electrons. The van der Waals surface area contributed by atoms with Gasteiger partial charge in [-0.15, -0.1) is 0 Å². The summed E-state index contributed by atoms with van der Waals surface area (Å²) >= 11 is 0. The van der Waals surface area contributed by atoms with Crippen LogP contribution < -0.4 is 0 Å². The highest BCUT2D eigenvalue weighted by atomic mass is 16.4. The number of aliphatic hydroxyl groups is 1. The minimum atomic E-state index is -0.673. The van der Waals surface area contributed by atoms with E-state index in [9.17, 15) is 19.9 Å². The van der Waals surface area contributed by atoms with Crippen LogP contribution in [0.2, 0.25) is 0 Å². The number of aliphatic hydroxyl groups excluding tert-OH is 1. The SMILES string of the molecule is CC(C)CCCC(C)C1CCC2(C)C3=C(C(=O)CC12C)C1(C)CCC(O)C(C)(C)C1C(=NO)C3=O. The first-order chi connectivity index (χ1) is 16.2. The van der Waals surface area contributed by atoms with Gasteiger partial charge in [-0.25, -0.2) is 0 Å². The molecule has 7 atom stereocenters. The van der Waals surface area contributed by atoms with Crippen LogP contribution in [-0.2, 0) is 9.59 Å². The van der Waals surface area contributed by atoms with Crippen LogP contribution in [0.3, 0.4) is 0 Å². The van der Waals surface area contributed by atoms with Gasteiger partial charge in [-0.1, -0.05) is 79.8 Å². The van der Waals surface area contributed by atoms with Gasteiger partial charge in [0.1, 0.15) is 5.71 Å². The van der Waals surface area contributed by atoms with E-state index in [2.05, 4.69) is 46.7 Å². The van der Waals surface area contributed by atoms with Gasteiger partial charge in [0.15, 0.2) is 5.78 Å². The zero-order valence-corrected chi connectivity index (χ0v) is 23.2. The zero-order valence-electron chi connectivity index (χ0n) is 23.2. The predicted molar refractivity (Wildman–Crippen MR) is 138 cm³/mol. The fraction of sp³-hybridized carbons (Fsp3) is 0.833. The summed E-state index contributed by atoms with van der Waals surface area (Å²) in [6.07, 6.45) is 6.51. The second-order valence-corrected chi connectivity index (χ2v) is 14.1. The Labute approximate surface area is 211 Å². The molecular formula is C30H47NO4. The van der Waals surface area contributed by atoms with E-state index in [1.54, 1.807) is 0 Å². The molecule has 5 heteroatoms. The van der Waals surface area contributed by atoms with Crippen LogP contribution in [0.4, 0.5) is 0 Å². The van der Waals surface area contributed by atoms with Crippen molar-refractivity contribution in [1.29, 1.82) is 0 Å². The highest BCUT2D eigenvalue weighted by Crippen LogP contribution is 2.70. The summed E-state index contributed by atoms with van der Waals surface area (Å²) in [6, 6.07) is 0. The van der Waals surface area contributed by atoms with Crippen molar-refractivity contribution < 1.29 is 19.9 Å². The standard InChI is InChI=1S/C30H47NO4/c1-17(2)10-9-11-18(3)19-12-15-29(7)23-22(20(32)16-30(19,29)8)28(6)14-13-21(33)27(4,5)26(28)24(31-35)25(23)34/h17-19,21,26,33,35H,9-16H2,1-8H3. The summed E-state index contributed by atoms with van der Waals surface area (Å²) in [5.74, 6) is 0.924. The Balaban J connectivity index is 1.82. The van der Waals surface area contributed by atoms with E-state index in [-0.39, 0.29) is 22.7 Å². The molecule has 0 bridgehead atoms. The van der Waals surface area contributed by atoms with Crippen molar-refractivity contribution in [2.75, 3.05) is 0 Å². The number of hydrogen-bond donors (Lipinski definition) is 2. The minimum Gasteiger partial charge on any atom is -0.411 e. The lowest BCUT2D eigenvalue weighted by molar-refractivity contribution is -0.131. The normalized spacial score (nSPS) is 42.8. The van der Waals surface area contributed by atoms with E-state index in [0.29, 0.717) is 48.2 Å². The third-order valence-electron chi connectivity index (χ3n) is 11.4. The molecule has 2 fully saturated rings. The van der Waals surface area contributed by atoms with Gasteiger partial charge in [0, 0.05) is 39.7 Å². The molecule has 4 aliphatic rings. The van der Waals surface area contributed by atoms with Gasteiger partial charge in [-0.2, -0.15) is 0 Å². The Morgan fingerprint density at radius 3 is 2.23 bits per heavy atom. The number of carbonyl (C=O) groups is 2. The molecule has 0 aromatic heterocycles. The lowest BCUT2D eigenvalue weighted by atomic mass is 9.42. The van der Waals surface area contributed by atoms with Crippen molar-refractivity contribution >= 4 is 17.3 Å². The summed E-state index contributed by atoms with van der Waals surface area (Å²) in [6.45, 7) is 17.3. The second-order valence-electron chi connectivity index (χ2n) is 14.1. The van der Waals surface area contributed by atoms with Crippen LogP contribution in [0.5, 0.6) is 0 Å². The largest absolute Gasteiger partial charge is 0.411 e. The number of hydrogen-bond acceptors (Lipinski definition) is 5. The number of fused-ring (bicyclic) bond motifs is 4. The summed E-state index contributed by atoms with van der Waals surface area (Å²) in [5, 5.41) is 24.6. The molecule has 0 aliphatic heterocycles. The van der Waals surface area contributed by atoms with Crippen molar-refractivity contribution in [1.82, 2.24) is 0 Å². The Hall–Kier alpha value is -1.49. The average Bonchev–Trinajstić information content (AvgIpc) is 3.02. The van der Waals surface area contributed by atoms with Crippen molar-refractivity contribution in [3.05, 3.63) is 11.1 Å². The van der Waals surface area contributed by atoms with E-state index in [0.717, 1.165) is 19.3 Å². The number of nitrogens with zero attached hydrogens (tertiary/aromatic N) is 1. The Bertz CT molecular complexity index is 977. The van der Waals surface area contributed by atoms with Crippen LogP contribution in [0, 0.1) is 45.3 Å². The Kier molecular flexibility index (Phi) is 6.48. The van der Waals surface area contributed by atoms with E-state index in [4.69, 9.17) is 0 Å². The fourth-order valence-corrected chi connectivity index (χ4v) is 9.21. The molecular weight excluding hydrogens is 438 g/mol. The molecule has 0 amide bonds. The molecule has 4 rings (SSSR count). The first-order valence-electron chi connectivity index (χ1n) is 13.9. The molecule has 5 nitrogen and oxygen atoms in total. The second kappa shape index (κ2) is 8.53. The van der Waals surface area contributed by atoms with Gasteiger partial charge < -0.3 is 10.3 Å². The third kappa shape index (κ3) is 3.54. The van der Waals surface area contributed by atoms with Crippen molar-refractivity contribution in [2.45, 2.75) is 113 Å². The molecule has 2 saturated carbocycles. The summed E-state index contributed by atoms with van der Waals surface area (Å²) in [4.78, 5) is 28.3. The monoisotopic (exact) mass is 485 g/mol. The number of oxime groups is 1. The van der Waals surface area contributed by atoms with E-state index < -0.39 is 28.3 Å². The molecule has 0 heterocycles. The fourth-order valence-electron chi connectivity index (χ4n) is 9.21. The molecule has 0 spiro atoms. The highest BCUT2D eigenvalue weighted by molar-refractivity contribution is 6.49. The predicted octanol–water partition coefficient (Wildman–Crippen LogP) is 6.36. The number of carbonyl (C=O) groups excluding carboxylic acids is 2. The first-order valence-corrected chi connectivity index (χ1v) is 13.9. The van der Waals surface area contributed by atoms with Crippen molar-refractivity contribution in [3.63, 3.8) is 0 Å². The maximum absolute atomic E-state index is 14.2. The minimum absolute atomic E-state index is 0.103. The zero-order chi connectivity index (χ0) is 26.1. The van der Waals surface area contributed by atoms with Gasteiger partial charge in [0.25, 0.3) is 0 Å². The summed E-state index contributed by atoms with van der Waals surface area (Å²) in [5.41, 5.74) is -0.539. The quantitative estimate of drug-likeness (QED) is 0.350. The van der Waals surface area contributed by atoms with Crippen molar-refractivity contribution in [2.24, 2.45) is 50.5 Å². The van der Waals surface area contributed by atoms with Gasteiger partial charge >= 0.3 is 0 Å². The number of ketones is 2. The van der Waals surface area contributed by atoms with Gasteiger partial charge in [0.2, 0.25) is 5.78 Å². The van der Waals surface area contributed by atoms with Gasteiger partial charge in [-0.05, 0) is 48.9 Å². The molecule has 35 heavy (non-hydrogen) atoms. The molecule has 0 aromatic rings. The number of allylic oxidation sites excluding steroid dienone is 2. The Morgan fingerprint density at radius 2 is 1.63 bits per heavy atom. The summed E-state index contributed by atoms with van der Waals surface area (Å²) < 4.78 is 0. The molecule has 4 aliphatic carbocycles. The van der Waals surface area contributed by atoms with Crippen LogP contribution in [-0.4, -0.2) is 33.7 Å². The molecule has 2 N–H and O–H groups in total. The third-order valence-corrected chi connectivity index (χ3v) is 11.4. The van der Waals surface area contributed by atoms with Crippen LogP contribution in [0.25, 0.3) is 0 Å². The van der Waals surface area contributed by atoms with Crippen LogP contribution in [0.15, 0.2) is 16.3 Å². The first kappa shape index (κ1) is 26.6. The topological polar surface area (TPSA) is 87.0 Å². The molecule has 196 valence electrons. The molecule has 0 aromatic carbocycles. The molecule has 0 saturated heterocycles. The number of rotatable bonds is 5. The Morgan fingerprint density at radius 1 is 0.971 bits per heavy atom. The number of Topliss-reactive ketones (excluding diaryl/α,β-unsaturated/α-hetero) is 2. The average molecular weight is 486 g/mol. The van der Waals surface area contributed by atoms with Gasteiger partial charge in [-0.3, -0.25) is 9.59 Å². The summed E-state index contributed by atoms with van der Waals surface area (Å²) in [7, 11) is 0. The maximum Gasteiger partial charge on any atom is 0.207 e. The molecule has 7 unspecified atom stereocenters. The van der Waals surface area contributed by atoms with Gasteiger partial charge in [0.05, 0.1) is 6.10 Å². The maximum atomic E-state index is 14.2. The smallest absolute Gasteiger partial charge is 0.207 e. The lowest BCUT2D eigenvalue weighted by Crippen LogP contribution is -2.62. The highest BCUT2D eigenvalue weighted by Gasteiger charge is 2.69. The van der Waals surface area contributed by atoms with E-state index in [1.807, 2.05) is 13.8 Å². The van der Waals surface area contributed by atoms with Crippen LogP contribution >= 0.6 is 0 Å².